The van der Waals surface area contributed by atoms with Gasteiger partial charge in [0.25, 0.3) is 0 Å². The molecule has 1 heterocycles. The zero-order valence-electron chi connectivity index (χ0n) is 8.48. The summed E-state index contributed by atoms with van der Waals surface area (Å²) in [5.41, 5.74) is 0.0271. The Kier molecular flexibility index (Phi) is 2.70. The number of carboxylic acid groups (broad SMARTS) is 1. The van der Waals surface area contributed by atoms with Gasteiger partial charge in [-0.2, -0.15) is 0 Å². The minimum absolute atomic E-state index is 0.189. The molecule has 0 unspecified atom stereocenters. The quantitative estimate of drug-likeness (QED) is 0.780. The van der Waals surface area contributed by atoms with E-state index in [-0.39, 0.29) is 5.56 Å². The Balaban J connectivity index is 2.94. The maximum atomic E-state index is 11.9. The molecule has 2 rings (SSSR count). The number of carbonyl (C=O) groups is 1. The maximum absolute atomic E-state index is 11.9. The number of rotatable bonds is 2. The molecule has 0 saturated carbocycles. The van der Waals surface area contributed by atoms with E-state index in [1.54, 1.807) is 30.5 Å². The molecule has 0 saturated heterocycles. The van der Waals surface area contributed by atoms with Crippen molar-refractivity contribution >= 4 is 28.6 Å². The molecule has 0 aliphatic rings. The van der Waals surface area contributed by atoms with Gasteiger partial charge < -0.3 is 10.1 Å². The van der Waals surface area contributed by atoms with E-state index >= 15 is 0 Å². The SMILES string of the molecule is CSc1[nH]c2ccccc2c(=O)c1C(=O)O. The van der Waals surface area contributed by atoms with Crippen molar-refractivity contribution in [3.05, 3.63) is 40.1 Å². The van der Waals surface area contributed by atoms with Crippen molar-refractivity contribution in [3.63, 3.8) is 0 Å². The lowest BCUT2D eigenvalue weighted by molar-refractivity contribution is 0.0691. The largest absolute Gasteiger partial charge is 0.477 e. The molecule has 0 amide bonds. The van der Waals surface area contributed by atoms with Crippen LogP contribution in [0.3, 0.4) is 0 Å². The van der Waals surface area contributed by atoms with Gasteiger partial charge in [-0.05, 0) is 18.4 Å². The van der Waals surface area contributed by atoms with Crippen LogP contribution in [0.4, 0.5) is 0 Å². The molecule has 1 aromatic heterocycles. The average molecular weight is 235 g/mol. The van der Waals surface area contributed by atoms with Gasteiger partial charge in [-0.1, -0.05) is 12.1 Å². The molecule has 82 valence electrons. The molecule has 0 fully saturated rings. The van der Waals surface area contributed by atoms with E-state index in [2.05, 4.69) is 4.98 Å². The number of H-pyrrole nitrogens is 1. The maximum Gasteiger partial charge on any atom is 0.342 e. The summed E-state index contributed by atoms with van der Waals surface area (Å²) in [6.07, 6.45) is 1.73. The fourth-order valence-electron chi connectivity index (χ4n) is 1.56. The summed E-state index contributed by atoms with van der Waals surface area (Å²) in [7, 11) is 0. The van der Waals surface area contributed by atoms with Crippen molar-refractivity contribution in [2.24, 2.45) is 0 Å². The summed E-state index contributed by atoms with van der Waals surface area (Å²) >= 11 is 1.22. The number of pyridine rings is 1. The molecule has 0 atom stereocenters. The van der Waals surface area contributed by atoms with Gasteiger partial charge in [0.15, 0.2) is 0 Å². The van der Waals surface area contributed by atoms with Gasteiger partial charge in [-0.3, -0.25) is 4.79 Å². The van der Waals surface area contributed by atoms with Gasteiger partial charge >= 0.3 is 5.97 Å². The van der Waals surface area contributed by atoms with E-state index in [9.17, 15) is 9.59 Å². The number of thioether (sulfide) groups is 1. The third-order valence-corrected chi connectivity index (χ3v) is 3.01. The number of hydrogen-bond acceptors (Lipinski definition) is 3. The number of nitrogens with one attached hydrogen (secondary N) is 1. The summed E-state index contributed by atoms with van der Waals surface area (Å²) < 4.78 is 0. The minimum atomic E-state index is -1.20. The van der Waals surface area contributed by atoms with Crippen LogP contribution >= 0.6 is 11.8 Å². The molecule has 0 aliphatic heterocycles. The standard InChI is InChI=1S/C11H9NO3S/c1-16-10-8(11(14)15)9(13)6-4-2-3-5-7(6)12-10/h2-5H,1H3,(H,12,13)(H,14,15). The zero-order chi connectivity index (χ0) is 11.7. The molecule has 0 spiro atoms. The number of carboxylic acids is 1. The summed E-state index contributed by atoms with van der Waals surface area (Å²) in [6.45, 7) is 0. The molecule has 5 heteroatoms. The molecule has 1 aromatic carbocycles. The highest BCUT2D eigenvalue weighted by Crippen LogP contribution is 2.18. The zero-order valence-corrected chi connectivity index (χ0v) is 9.30. The Morgan fingerprint density at radius 2 is 2.06 bits per heavy atom. The molecular formula is C11H9NO3S. The van der Waals surface area contributed by atoms with Gasteiger partial charge in [0.2, 0.25) is 5.43 Å². The smallest absolute Gasteiger partial charge is 0.342 e. The highest BCUT2D eigenvalue weighted by atomic mass is 32.2. The van der Waals surface area contributed by atoms with Crippen LogP contribution in [0.15, 0.2) is 34.1 Å². The molecule has 0 aliphatic carbocycles. The fraction of sp³-hybridized carbons (Fsp3) is 0.0909. The van der Waals surface area contributed by atoms with Crippen LogP contribution in [0.1, 0.15) is 10.4 Å². The molecule has 0 bridgehead atoms. The number of hydrogen-bond donors (Lipinski definition) is 2. The third-order valence-electron chi connectivity index (χ3n) is 2.29. The second-order valence-electron chi connectivity index (χ2n) is 3.21. The summed E-state index contributed by atoms with van der Waals surface area (Å²) in [5.74, 6) is -1.20. The molecule has 16 heavy (non-hydrogen) atoms. The normalized spacial score (nSPS) is 10.6. The number of aromatic amines is 1. The third kappa shape index (κ3) is 1.59. The highest BCUT2D eigenvalue weighted by molar-refractivity contribution is 7.98. The van der Waals surface area contributed by atoms with Gasteiger partial charge in [-0.25, -0.2) is 4.79 Å². The van der Waals surface area contributed by atoms with E-state index in [1.807, 2.05) is 0 Å². The average Bonchev–Trinajstić information content (AvgIpc) is 2.28. The fourth-order valence-corrected chi connectivity index (χ4v) is 2.16. The number of aromatic carboxylic acids is 1. The lowest BCUT2D eigenvalue weighted by atomic mass is 10.1. The van der Waals surface area contributed by atoms with Crippen LogP contribution in [-0.2, 0) is 0 Å². The highest BCUT2D eigenvalue weighted by Gasteiger charge is 2.17. The van der Waals surface area contributed by atoms with Crippen LogP contribution < -0.4 is 5.43 Å². The van der Waals surface area contributed by atoms with Crippen molar-refractivity contribution in [2.75, 3.05) is 6.26 Å². The first-order valence-electron chi connectivity index (χ1n) is 4.57. The number of benzene rings is 1. The van der Waals surface area contributed by atoms with Crippen molar-refractivity contribution in [1.29, 1.82) is 0 Å². The van der Waals surface area contributed by atoms with Crippen molar-refractivity contribution in [1.82, 2.24) is 4.98 Å². The van der Waals surface area contributed by atoms with Gasteiger partial charge in [0, 0.05) is 5.39 Å². The summed E-state index contributed by atoms with van der Waals surface area (Å²) in [4.78, 5) is 25.9. The van der Waals surface area contributed by atoms with E-state index in [1.165, 1.54) is 11.8 Å². The predicted molar refractivity (Wildman–Crippen MR) is 63.3 cm³/mol. The predicted octanol–water partition coefficient (Wildman–Crippen LogP) is 1.95. The Bertz CT molecular complexity index is 618. The Morgan fingerprint density at radius 1 is 1.38 bits per heavy atom. The second kappa shape index (κ2) is 4.02. The Morgan fingerprint density at radius 3 is 2.69 bits per heavy atom. The van der Waals surface area contributed by atoms with Gasteiger partial charge in [-0.15, -0.1) is 11.8 Å². The van der Waals surface area contributed by atoms with E-state index in [4.69, 9.17) is 5.11 Å². The number of para-hydroxylation sites is 1. The van der Waals surface area contributed by atoms with E-state index in [0.29, 0.717) is 15.9 Å². The molecule has 4 nitrogen and oxygen atoms in total. The van der Waals surface area contributed by atoms with Crippen LogP contribution in [-0.4, -0.2) is 22.3 Å². The summed E-state index contributed by atoms with van der Waals surface area (Å²) in [5, 5.41) is 9.79. The molecule has 0 radical (unpaired) electrons. The minimum Gasteiger partial charge on any atom is -0.477 e. The molecular weight excluding hydrogens is 226 g/mol. The first-order chi connectivity index (χ1) is 7.65. The summed E-state index contributed by atoms with van der Waals surface area (Å²) in [6, 6.07) is 6.87. The van der Waals surface area contributed by atoms with Crippen LogP contribution in [0, 0.1) is 0 Å². The van der Waals surface area contributed by atoms with E-state index < -0.39 is 11.4 Å². The second-order valence-corrected chi connectivity index (χ2v) is 4.03. The first kappa shape index (κ1) is 10.8. The molecule has 2 aromatic rings. The lowest BCUT2D eigenvalue weighted by Crippen LogP contribution is -2.17. The van der Waals surface area contributed by atoms with Crippen LogP contribution in [0.2, 0.25) is 0 Å². The lowest BCUT2D eigenvalue weighted by Gasteiger charge is -2.05. The van der Waals surface area contributed by atoms with Gasteiger partial charge in [0.05, 0.1) is 10.5 Å². The first-order valence-corrected chi connectivity index (χ1v) is 5.80. The number of aromatic nitrogens is 1. The monoisotopic (exact) mass is 235 g/mol. The van der Waals surface area contributed by atoms with Crippen molar-refractivity contribution < 1.29 is 9.90 Å². The number of fused-ring (bicyclic) bond motifs is 1. The van der Waals surface area contributed by atoms with Gasteiger partial charge in [0.1, 0.15) is 5.56 Å². The Hall–Kier alpha value is -1.75. The van der Waals surface area contributed by atoms with Crippen molar-refractivity contribution in [2.45, 2.75) is 5.03 Å². The van der Waals surface area contributed by atoms with Crippen LogP contribution in [0.25, 0.3) is 10.9 Å². The Labute approximate surface area is 95.3 Å². The molecule has 2 N–H and O–H groups in total. The van der Waals surface area contributed by atoms with Crippen LogP contribution in [0.5, 0.6) is 0 Å². The van der Waals surface area contributed by atoms with E-state index in [0.717, 1.165) is 0 Å². The topological polar surface area (TPSA) is 70.2 Å². The van der Waals surface area contributed by atoms with Crippen molar-refractivity contribution in [3.8, 4) is 0 Å².